The summed E-state index contributed by atoms with van der Waals surface area (Å²) >= 11 is 0. The van der Waals surface area contributed by atoms with Crippen LogP contribution in [0.4, 0.5) is 0 Å². The summed E-state index contributed by atoms with van der Waals surface area (Å²) in [6.07, 6.45) is 4.13. The zero-order valence-electron chi connectivity index (χ0n) is 11.0. The van der Waals surface area contributed by atoms with Gasteiger partial charge in [-0.2, -0.15) is 0 Å². The van der Waals surface area contributed by atoms with Crippen molar-refractivity contribution >= 4 is 0 Å². The Morgan fingerprint density at radius 3 is 3.16 bits per heavy atom. The van der Waals surface area contributed by atoms with E-state index >= 15 is 0 Å². The Kier molecular flexibility index (Phi) is 3.46. The first-order valence-electron chi connectivity index (χ1n) is 6.63. The van der Waals surface area contributed by atoms with Gasteiger partial charge in [0.05, 0.1) is 12.8 Å². The van der Waals surface area contributed by atoms with Gasteiger partial charge in [-0.3, -0.25) is 4.57 Å². The molecule has 1 aromatic carbocycles. The van der Waals surface area contributed by atoms with Crippen molar-refractivity contribution in [1.82, 2.24) is 20.1 Å². The number of nitrogens with zero attached hydrogens (tertiary/aromatic N) is 3. The Hall–Kier alpha value is -1.88. The maximum Gasteiger partial charge on any atom is 0.141 e. The average Bonchev–Trinajstić information content (AvgIpc) is 2.98. The van der Waals surface area contributed by atoms with E-state index in [0.717, 1.165) is 36.8 Å². The molecule has 1 aliphatic rings. The molecule has 1 unspecified atom stereocenters. The van der Waals surface area contributed by atoms with E-state index in [4.69, 9.17) is 4.74 Å². The Bertz CT molecular complexity index is 546. The zero-order valence-corrected chi connectivity index (χ0v) is 11.0. The van der Waals surface area contributed by atoms with E-state index in [1.165, 1.54) is 6.42 Å². The molecule has 0 spiro atoms. The van der Waals surface area contributed by atoms with Crippen LogP contribution in [0.2, 0.25) is 0 Å². The van der Waals surface area contributed by atoms with Gasteiger partial charge < -0.3 is 10.1 Å². The van der Waals surface area contributed by atoms with Crippen molar-refractivity contribution in [3.05, 3.63) is 36.4 Å². The van der Waals surface area contributed by atoms with Gasteiger partial charge in [0.25, 0.3) is 0 Å². The molecule has 2 heterocycles. The number of aromatic nitrogens is 3. The molecular formula is C14H18N4O. The van der Waals surface area contributed by atoms with Crippen LogP contribution in [0, 0.1) is 0 Å². The second-order valence-corrected chi connectivity index (χ2v) is 4.80. The van der Waals surface area contributed by atoms with Crippen LogP contribution in [-0.4, -0.2) is 35.0 Å². The largest absolute Gasteiger partial charge is 0.497 e. The fraction of sp³-hybridized carbons (Fsp3) is 0.429. The van der Waals surface area contributed by atoms with E-state index in [-0.39, 0.29) is 0 Å². The molecule has 1 N–H and O–H groups in total. The fourth-order valence-electron chi connectivity index (χ4n) is 2.55. The van der Waals surface area contributed by atoms with Crippen molar-refractivity contribution in [2.75, 3.05) is 20.2 Å². The van der Waals surface area contributed by atoms with E-state index < -0.39 is 0 Å². The van der Waals surface area contributed by atoms with Crippen molar-refractivity contribution in [3.63, 3.8) is 0 Å². The maximum absolute atomic E-state index is 5.27. The normalized spacial score (nSPS) is 19.3. The van der Waals surface area contributed by atoms with E-state index in [1.807, 2.05) is 24.3 Å². The summed E-state index contributed by atoms with van der Waals surface area (Å²) in [6.45, 7) is 2.08. The lowest BCUT2D eigenvalue weighted by molar-refractivity contribution is 0.414. The topological polar surface area (TPSA) is 52.0 Å². The van der Waals surface area contributed by atoms with E-state index in [1.54, 1.807) is 13.4 Å². The molecule has 5 nitrogen and oxygen atoms in total. The Labute approximate surface area is 112 Å². The summed E-state index contributed by atoms with van der Waals surface area (Å²) in [4.78, 5) is 0. The molecule has 3 rings (SSSR count). The van der Waals surface area contributed by atoms with Crippen molar-refractivity contribution in [2.24, 2.45) is 0 Å². The number of benzene rings is 1. The molecule has 0 aliphatic carbocycles. The molecule has 0 radical (unpaired) electrons. The van der Waals surface area contributed by atoms with Gasteiger partial charge in [0.15, 0.2) is 0 Å². The summed E-state index contributed by atoms with van der Waals surface area (Å²) in [7, 11) is 1.68. The van der Waals surface area contributed by atoms with Crippen molar-refractivity contribution in [1.29, 1.82) is 0 Å². The monoisotopic (exact) mass is 258 g/mol. The van der Waals surface area contributed by atoms with E-state index in [2.05, 4.69) is 20.1 Å². The van der Waals surface area contributed by atoms with Crippen LogP contribution < -0.4 is 10.1 Å². The number of hydrogen-bond acceptors (Lipinski definition) is 4. The van der Waals surface area contributed by atoms with Crippen LogP contribution >= 0.6 is 0 Å². The molecule has 1 saturated heterocycles. The van der Waals surface area contributed by atoms with Gasteiger partial charge >= 0.3 is 0 Å². The highest BCUT2D eigenvalue weighted by Gasteiger charge is 2.21. The van der Waals surface area contributed by atoms with Crippen LogP contribution in [0.5, 0.6) is 5.75 Å². The Morgan fingerprint density at radius 1 is 1.42 bits per heavy atom. The van der Waals surface area contributed by atoms with Gasteiger partial charge in [-0.1, -0.05) is 6.07 Å². The van der Waals surface area contributed by atoms with Crippen LogP contribution in [0.1, 0.15) is 24.6 Å². The summed E-state index contributed by atoms with van der Waals surface area (Å²) in [5.41, 5.74) is 1.05. The molecule has 19 heavy (non-hydrogen) atoms. The Balaban J connectivity index is 1.94. The molecule has 5 heteroatoms. The fourth-order valence-corrected chi connectivity index (χ4v) is 2.55. The summed E-state index contributed by atoms with van der Waals surface area (Å²) in [6, 6.07) is 7.97. The van der Waals surface area contributed by atoms with Gasteiger partial charge in [0.1, 0.15) is 17.9 Å². The lowest BCUT2D eigenvalue weighted by Gasteiger charge is -2.22. The highest BCUT2D eigenvalue weighted by atomic mass is 16.5. The predicted octanol–water partition coefficient (Wildman–Crippen LogP) is 1.74. The van der Waals surface area contributed by atoms with Crippen LogP contribution in [0.15, 0.2) is 30.6 Å². The quantitative estimate of drug-likeness (QED) is 0.911. The van der Waals surface area contributed by atoms with Gasteiger partial charge in [0, 0.05) is 18.5 Å². The molecule has 0 bridgehead atoms. The zero-order chi connectivity index (χ0) is 13.1. The Morgan fingerprint density at radius 2 is 2.37 bits per heavy atom. The third-order valence-corrected chi connectivity index (χ3v) is 3.57. The minimum atomic E-state index is 0.433. The SMILES string of the molecule is COc1cccc(-n2cnnc2C2CCCNC2)c1. The number of hydrogen-bond donors (Lipinski definition) is 1. The smallest absolute Gasteiger partial charge is 0.141 e. The van der Waals surface area contributed by atoms with Crippen molar-refractivity contribution in [3.8, 4) is 11.4 Å². The van der Waals surface area contributed by atoms with E-state index in [9.17, 15) is 0 Å². The summed E-state index contributed by atoms with van der Waals surface area (Å²) in [5, 5.41) is 11.8. The van der Waals surface area contributed by atoms with Gasteiger partial charge in [-0.05, 0) is 31.5 Å². The molecule has 0 saturated carbocycles. The average molecular weight is 258 g/mol. The second kappa shape index (κ2) is 5.40. The first-order chi connectivity index (χ1) is 9.38. The molecular weight excluding hydrogens is 240 g/mol. The lowest BCUT2D eigenvalue weighted by Crippen LogP contribution is -2.29. The minimum Gasteiger partial charge on any atom is -0.497 e. The third-order valence-electron chi connectivity index (χ3n) is 3.57. The number of rotatable bonds is 3. The van der Waals surface area contributed by atoms with Crippen LogP contribution in [-0.2, 0) is 0 Å². The van der Waals surface area contributed by atoms with Gasteiger partial charge in [-0.25, -0.2) is 0 Å². The molecule has 0 amide bonds. The first kappa shape index (κ1) is 12.2. The predicted molar refractivity (Wildman–Crippen MR) is 72.8 cm³/mol. The lowest BCUT2D eigenvalue weighted by atomic mass is 9.99. The molecule has 1 fully saturated rings. The number of piperidine rings is 1. The van der Waals surface area contributed by atoms with Gasteiger partial charge in [-0.15, -0.1) is 10.2 Å². The third kappa shape index (κ3) is 2.46. The number of ether oxygens (including phenoxy) is 1. The highest BCUT2D eigenvalue weighted by Crippen LogP contribution is 2.25. The van der Waals surface area contributed by atoms with Gasteiger partial charge in [0.2, 0.25) is 0 Å². The number of methoxy groups -OCH3 is 1. The minimum absolute atomic E-state index is 0.433. The van der Waals surface area contributed by atoms with Crippen LogP contribution in [0.3, 0.4) is 0 Å². The first-order valence-corrected chi connectivity index (χ1v) is 6.63. The molecule has 1 aliphatic heterocycles. The van der Waals surface area contributed by atoms with Crippen molar-refractivity contribution < 1.29 is 4.74 Å². The number of nitrogens with one attached hydrogen (secondary N) is 1. The summed E-state index contributed by atoms with van der Waals surface area (Å²) in [5.74, 6) is 2.31. The highest BCUT2D eigenvalue weighted by molar-refractivity contribution is 5.40. The summed E-state index contributed by atoms with van der Waals surface area (Å²) < 4.78 is 7.33. The molecule has 1 atom stereocenters. The second-order valence-electron chi connectivity index (χ2n) is 4.80. The molecule has 100 valence electrons. The van der Waals surface area contributed by atoms with Crippen molar-refractivity contribution in [2.45, 2.75) is 18.8 Å². The van der Waals surface area contributed by atoms with E-state index in [0.29, 0.717) is 5.92 Å². The molecule has 1 aromatic heterocycles. The standard InChI is InChI=1S/C14H18N4O/c1-19-13-6-2-5-12(8-13)18-10-16-17-14(18)11-4-3-7-15-9-11/h2,5-6,8,10-11,15H,3-4,7,9H2,1H3. The van der Waals surface area contributed by atoms with Crippen LogP contribution in [0.25, 0.3) is 5.69 Å². The maximum atomic E-state index is 5.27. The molecule has 2 aromatic rings.